The van der Waals surface area contributed by atoms with Gasteiger partial charge in [0.1, 0.15) is 12.6 Å². The Balaban J connectivity index is 2.09. The van der Waals surface area contributed by atoms with E-state index in [-0.39, 0.29) is 23.3 Å². The zero-order valence-corrected chi connectivity index (χ0v) is 26.4. The van der Waals surface area contributed by atoms with Gasteiger partial charge in [-0.3, -0.25) is 13.9 Å². The first kappa shape index (κ1) is 32.4. The standard InChI is InChI=1S/C31H37Cl2N3O4S/c1-6-28(31(38)34-18-21(2)3)35(19-24-9-7-8-10-27(24)33)30(37)20-36(29-16-13-25(32)17-23(29)5)41(39,40)26-14-11-22(4)12-15-26/h7-17,21,28H,6,18-20H2,1-5H3,(H,34,38)/t28-/m0/s1. The van der Waals surface area contributed by atoms with Crippen LogP contribution in [0.1, 0.15) is 43.9 Å². The molecule has 3 rings (SSSR count). The monoisotopic (exact) mass is 617 g/mol. The van der Waals surface area contributed by atoms with Crippen LogP contribution < -0.4 is 9.62 Å². The number of carbonyl (C=O) groups excluding carboxylic acids is 2. The minimum absolute atomic E-state index is 0.0319. The van der Waals surface area contributed by atoms with Crippen molar-refractivity contribution in [2.45, 2.75) is 58.5 Å². The third-order valence-corrected chi connectivity index (χ3v) is 9.06. The Bertz CT molecular complexity index is 1480. The quantitative estimate of drug-likeness (QED) is 0.255. The van der Waals surface area contributed by atoms with E-state index < -0.39 is 28.5 Å². The Kier molecular flexibility index (Phi) is 11.2. The van der Waals surface area contributed by atoms with E-state index in [1.54, 1.807) is 61.5 Å². The van der Waals surface area contributed by atoms with E-state index in [0.717, 1.165) is 9.87 Å². The Morgan fingerprint density at radius 1 is 0.951 bits per heavy atom. The van der Waals surface area contributed by atoms with E-state index in [1.165, 1.54) is 17.0 Å². The molecule has 2 amide bonds. The molecule has 0 fully saturated rings. The number of halogens is 2. The Morgan fingerprint density at radius 2 is 1.61 bits per heavy atom. The molecule has 3 aromatic carbocycles. The van der Waals surface area contributed by atoms with E-state index in [4.69, 9.17) is 23.2 Å². The Labute approximate surface area is 253 Å². The number of nitrogens with one attached hydrogen (secondary N) is 1. The van der Waals surface area contributed by atoms with Crippen LogP contribution in [0.2, 0.25) is 10.0 Å². The number of nitrogens with zero attached hydrogens (tertiary/aromatic N) is 2. The van der Waals surface area contributed by atoms with Gasteiger partial charge in [0.25, 0.3) is 10.0 Å². The van der Waals surface area contributed by atoms with E-state index in [9.17, 15) is 18.0 Å². The molecule has 0 aliphatic rings. The van der Waals surface area contributed by atoms with Gasteiger partial charge in [-0.2, -0.15) is 0 Å². The molecule has 0 radical (unpaired) electrons. The number of amides is 2. The molecule has 220 valence electrons. The van der Waals surface area contributed by atoms with Crippen LogP contribution in [-0.4, -0.2) is 44.3 Å². The molecule has 41 heavy (non-hydrogen) atoms. The van der Waals surface area contributed by atoms with Gasteiger partial charge in [-0.1, -0.05) is 79.9 Å². The van der Waals surface area contributed by atoms with Gasteiger partial charge in [-0.25, -0.2) is 8.42 Å². The van der Waals surface area contributed by atoms with E-state index in [1.807, 2.05) is 27.7 Å². The van der Waals surface area contributed by atoms with Gasteiger partial charge in [0.2, 0.25) is 11.8 Å². The largest absolute Gasteiger partial charge is 0.354 e. The maximum absolute atomic E-state index is 14.2. The normalized spacial score (nSPS) is 12.2. The summed E-state index contributed by atoms with van der Waals surface area (Å²) in [5.41, 5.74) is 2.45. The molecule has 1 N–H and O–H groups in total. The van der Waals surface area contributed by atoms with Gasteiger partial charge in [-0.15, -0.1) is 0 Å². The fourth-order valence-corrected chi connectivity index (χ4v) is 6.30. The van der Waals surface area contributed by atoms with Crippen LogP contribution >= 0.6 is 23.2 Å². The predicted molar refractivity (Wildman–Crippen MR) is 166 cm³/mol. The number of aryl methyl sites for hydroxylation is 2. The lowest BCUT2D eigenvalue weighted by molar-refractivity contribution is -0.140. The molecule has 0 spiro atoms. The molecular formula is C31H37Cl2N3O4S. The second kappa shape index (κ2) is 14.2. The average Bonchev–Trinajstić information content (AvgIpc) is 2.92. The van der Waals surface area contributed by atoms with Crippen molar-refractivity contribution in [2.75, 3.05) is 17.4 Å². The number of anilines is 1. The van der Waals surface area contributed by atoms with E-state index >= 15 is 0 Å². The summed E-state index contributed by atoms with van der Waals surface area (Å²) in [6.45, 7) is 9.33. The zero-order valence-electron chi connectivity index (χ0n) is 24.0. The highest BCUT2D eigenvalue weighted by Gasteiger charge is 2.34. The lowest BCUT2D eigenvalue weighted by Gasteiger charge is -2.34. The summed E-state index contributed by atoms with van der Waals surface area (Å²) in [4.78, 5) is 28.9. The second-order valence-corrected chi connectivity index (χ2v) is 13.1. The maximum Gasteiger partial charge on any atom is 0.264 e. The van der Waals surface area contributed by atoms with Crippen LogP contribution in [0, 0.1) is 19.8 Å². The highest BCUT2D eigenvalue weighted by molar-refractivity contribution is 7.92. The summed E-state index contributed by atoms with van der Waals surface area (Å²) in [5.74, 6) is -0.633. The summed E-state index contributed by atoms with van der Waals surface area (Å²) in [6.07, 6.45) is 0.324. The third kappa shape index (κ3) is 8.24. The van der Waals surface area contributed by atoms with Gasteiger partial charge in [0.05, 0.1) is 10.6 Å². The number of hydrogen-bond acceptors (Lipinski definition) is 4. The molecule has 0 bridgehead atoms. The van der Waals surface area contributed by atoms with Gasteiger partial charge in [0.15, 0.2) is 0 Å². The highest BCUT2D eigenvalue weighted by Crippen LogP contribution is 2.30. The predicted octanol–water partition coefficient (Wildman–Crippen LogP) is 6.39. The lowest BCUT2D eigenvalue weighted by Crippen LogP contribution is -2.52. The summed E-state index contributed by atoms with van der Waals surface area (Å²) in [6, 6.07) is 17.5. The smallest absolute Gasteiger partial charge is 0.264 e. The van der Waals surface area contributed by atoms with Crippen molar-refractivity contribution in [3.63, 3.8) is 0 Å². The molecule has 1 atom stereocenters. The van der Waals surface area contributed by atoms with Crippen molar-refractivity contribution in [1.29, 1.82) is 0 Å². The van der Waals surface area contributed by atoms with Crippen LogP contribution in [0.4, 0.5) is 5.69 Å². The molecule has 0 saturated carbocycles. The first-order chi connectivity index (χ1) is 19.3. The number of rotatable bonds is 12. The van der Waals surface area contributed by atoms with Crippen LogP contribution in [0.3, 0.4) is 0 Å². The number of hydrogen-bond donors (Lipinski definition) is 1. The number of carbonyl (C=O) groups is 2. The van der Waals surface area contributed by atoms with Crippen molar-refractivity contribution in [1.82, 2.24) is 10.2 Å². The summed E-state index contributed by atoms with van der Waals surface area (Å²) in [7, 11) is -4.17. The molecule has 0 unspecified atom stereocenters. The van der Waals surface area contributed by atoms with E-state index in [2.05, 4.69) is 5.32 Å². The van der Waals surface area contributed by atoms with Gasteiger partial charge < -0.3 is 10.2 Å². The van der Waals surface area contributed by atoms with Crippen molar-refractivity contribution in [3.05, 3.63) is 93.5 Å². The van der Waals surface area contributed by atoms with Crippen LogP contribution in [-0.2, 0) is 26.2 Å². The second-order valence-electron chi connectivity index (χ2n) is 10.4. The molecule has 0 heterocycles. The maximum atomic E-state index is 14.2. The molecule has 0 aromatic heterocycles. The third-order valence-electron chi connectivity index (χ3n) is 6.68. The lowest BCUT2D eigenvalue weighted by atomic mass is 10.1. The van der Waals surface area contributed by atoms with Crippen molar-refractivity contribution < 1.29 is 18.0 Å². The minimum Gasteiger partial charge on any atom is -0.354 e. The molecule has 0 aliphatic heterocycles. The minimum atomic E-state index is -4.17. The number of benzene rings is 3. The van der Waals surface area contributed by atoms with Crippen LogP contribution in [0.15, 0.2) is 71.6 Å². The number of sulfonamides is 1. The summed E-state index contributed by atoms with van der Waals surface area (Å²) < 4.78 is 29.1. The molecule has 0 aliphatic carbocycles. The fourth-order valence-electron chi connectivity index (χ4n) is 4.40. The van der Waals surface area contributed by atoms with Crippen molar-refractivity contribution >= 4 is 50.7 Å². The van der Waals surface area contributed by atoms with E-state index in [0.29, 0.717) is 39.8 Å². The average molecular weight is 619 g/mol. The first-order valence-corrected chi connectivity index (χ1v) is 15.7. The van der Waals surface area contributed by atoms with Gasteiger partial charge in [0, 0.05) is 23.1 Å². The summed E-state index contributed by atoms with van der Waals surface area (Å²) in [5, 5.41) is 3.81. The van der Waals surface area contributed by atoms with Gasteiger partial charge >= 0.3 is 0 Å². The zero-order chi connectivity index (χ0) is 30.3. The SMILES string of the molecule is CC[C@@H](C(=O)NCC(C)C)N(Cc1ccccc1Cl)C(=O)CN(c1ccc(Cl)cc1C)S(=O)(=O)c1ccc(C)cc1. The molecule has 0 saturated heterocycles. The summed E-state index contributed by atoms with van der Waals surface area (Å²) >= 11 is 12.6. The topological polar surface area (TPSA) is 86.8 Å². The molecule has 7 nitrogen and oxygen atoms in total. The first-order valence-electron chi connectivity index (χ1n) is 13.5. The van der Waals surface area contributed by atoms with Crippen LogP contribution in [0.5, 0.6) is 0 Å². The van der Waals surface area contributed by atoms with Crippen LogP contribution in [0.25, 0.3) is 0 Å². The molecular weight excluding hydrogens is 581 g/mol. The molecule has 3 aromatic rings. The highest BCUT2D eigenvalue weighted by atomic mass is 35.5. The fraction of sp³-hybridized carbons (Fsp3) is 0.355. The Morgan fingerprint density at radius 3 is 2.20 bits per heavy atom. The van der Waals surface area contributed by atoms with Crippen molar-refractivity contribution in [3.8, 4) is 0 Å². The van der Waals surface area contributed by atoms with Crippen molar-refractivity contribution in [2.24, 2.45) is 5.92 Å². The van der Waals surface area contributed by atoms with Gasteiger partial charge in [-0.05, 0) is 73.7 Å². The molecule has 10 heteroatoms. The Hall–Kier alpha value is -3.07.